The van der Waals surface area contributed by atoms with Crippen molar-refractivity contribution in [2.24, 2.45) is 0 Å². The highest BCUT2D eigenvalue weighted by molar-refractivity contribution is 5.58. The van der Waals surface area contributed by atoms with Crippen molar-refractivity contribution in [2.45, 2.75) is 37.7 Å². The minimum atomic E-state index is -2.31. The largest absolute Gasteiger partial charge is 0.391 e. The molecule has 5 nitrogen and oxygen atoms in total. The van der Waals surface area contributed by atoms with Gasteiger partial charge in [-0.3, -0.25) is 0 Å². The summed E-state index contributed by atoms with van der Waals surface area (Å²) in [4.78, 5) is 10.2. The Balaban J connectivity index is 4.70. The highest BCUT2D eigenvalue weighted by Gasteiger charge is 2.40. The molecule has 12 heavy (non-hydrogen) atoms. The average molecular weight is 179 g/mol. The smallest absolute Gasteiger partial charge is 0.151 e. The Morgan fingerprint density at radius 1 is 1.50 bits per heavy atom. The number of hydrogen-bond acceptors (Lipinski definition) is 5. The Kier molecular flexibility index (Phi) is 3.16. The Morgan fingerprint density at radius 2 is 2.00 bits per heavy atom. The van der Waals surface area contributed by atoms with Gasteiger partial charge in [-0.15, -0.1) is 0 Å². The fourth-order valence-electron chi connectivity index (χ4n) is 0.710. The van der Waals surface area contributed by atoms with Gasteiger partial charge in [0.15, 0.2) is 6.29 Å². The molecule has 0 radical (unpaired) electrons. The first-order valence-corrected chi connectivity index (χ1v) is 3.41. The molecular weight excluding hydrogens is 164 g/mol. The lowest BCUT2D eigenvalue weighted by molar-refractivity contribution is -0.166. The quantitative estimate of drug-likeness (QED) is 0.376. The number of aliphatic hydroxyl groups excluding tert-OH is 3. The molecule has 0 unspecified atom stereocenters. The van der Waals surface area contributed by atoms with Crippen molar-refractivity contribution < 1.29 is 26.6 Å². The van der Waals surface area contributed by atoms with Crippen LogP contribution in [0.3, 0.4) is 0 Å². The van der Waals surface area contributed by atoms with Gasteiger partial charge in [-0.05, 0) is 13.8 Å². The first-order chi connectivity index (χ1) is 5.90. The molecule has 0 rings (SSSR count). The third kappa shape index (κ3) is 2.25. The lowest BCUT2D eigenvalue weighted by Gasteiger charge is -2.32. The molecule has 0 spiro atoms. The third-order valence-electron chi connectivity index (χ3n) is 1.61. The van der Waals surface area contributed by atoms with E-state index in [2.05, 4.69) is 0 Å². The zero-order chi connectivity index (χ0) is 10.6. The predicted octanol–water partition coefficient (Wildman–Crippen LogP) is -1.96. The first kappa shape index (κ1) is 9.60. The summed E-state index contributed by atoms with van der Waals surface area (Å²) >= 11 is 0. The highest BCUT2D eigenvalue weighted by atomic mass is 16.4. The van der Waals surface area contributed by atoms with Crippen molar-refractivity contribution in [1.29, 1.82) is 0 Å². The summed E-state index contributed by atoms with van der Waals surface area (Å²) in [5, 5.41) is 36.6. The van der Waals surface area contributed by atoms with E-state index in [1.54, 1.807) is 0 Å². The maximum atomic E-state index is 10.2. The van der Waals surface area contributed by atoms with Gasteiger partial charge in [-0.2, -0.15) is 0 Å². The number of hydrogen-bond donors (Lipinski definition) is 4. The molecule has 4 N–H and O–H groups in total. The van der Waals surface area contributed by atoms with Crippen molar-refractivity contribution >= 4 is 6.29 Å². The van der Waals surface area contributed by atoms with Crippen LogP contribution in [0.25, 0.3) is 0 Å². The van der Waals surface area contributed by atoms with Crippen molar-refractivity contribution in [1.82, 2.24) is 0 Å². The lowest BCUT2D eigenvalue weighted by Crippen LogP contribution is -2.54. The number of aldehydes is 1. The van der Waals surface area contributed by atoms with E-state index in [0.717, 1.165) is 0 Å². The number of rotatable bonds is 4. The van der Waals surface area contributed by atoms with Crippen LogP contribution in [-0.4, -0.2) is 50.6 Å². The van der Waals surface area contributed by atoms with E-state index in [1.807, 2.05) is 0 Å². The second-order valence-corrected chi connectivity index (χ2v) is 2.76. The highest BCUT2D eigenvalue weighted by Crippen LogP contribution is 2.16. The Hall–Kier alpha value is -0.490. The average Bonchev–Trinajstić information content (AvgIpc) is 2.13. The van der Waals surface area contributed by atoms with E-state index in [-0.39, 0.29) is 6.29 Å². The Bertz CT molecular complexity index is 174. The van der Waals surface area contributed by atoms with E-state index in [1.165, 1.54) is 6.92 Å². The molecule has 0 heterocycles. The van der Waals surface area contributed by atoms with Gasteiger partial charge in [0.25, 0.3) is 0 Å². The van der Waals surface area contributed by atoms with Gasteiger partial charge in [0.05, 0.1) is 6.10 Å². The fourth-order valence-corrected chi connectivity index (χ4v) is 0.710. The van der Waals surface area contributed by atoms with Crippen LogP contribution in [0.2, 0.25) is 0 Å². The van der Waals surface area contributed by atoms with E-state index in [4.69, 9.17) is 11.6 Å². The van der Waals surface area contributed by atoms with E-state index in [9.17, 15) is 15.0 Å². The van der Waals surface area contributed by atoms with Crippen LogP contribution in [0.5, 0.6) is 0 Å². The van der Waals surface area contributed by atoms with Gasteiger partial charge in [0.2, 0.25) is 0 Å². The van der Waals surface area contributed by atoms with Crippen LogP contribution in [0.1, 0.15) is 15.2 Å². The summed E-state index contributed by atoms with van der Waals surface area (Å²) in [5.41, 5.74) is -2.31. The van der Waals surface area contributed by atoms with Crippen LogP contribution in [0, 0.1) is 0 Å². The second kappa shape index (κ2) is 3.95. The van der Waals surface area contributed by atoms with E-state index < -0.39 is 30.8 Å². The number of carbonyl (C=O) groups excluding carboxylic acids is 1. The Morgan fingerprint density at radius 3 is 2.25 bits per heavy atom. The van der Waals surface area contributed by atoms with Crippen LogP contribution < -0.4 is 0 Å². The molecule has 0 aliphatic carbocycles. The predicted molar refractivity (Wildman–Crippen MR) is 40.4 cm³/mol. The van der Waals surface area contributed by atoms with Gasteiger partial charge in [-0.1, -0.05) is 0 Å². The summed E-state index contributed by atoms with van der Waals surface area (Å²) in [6, 6.07) is 0. The van der Waals surface area contributed by atoms with Crippen LogP contribution >= 0.6 is 0 Å². The normalized spacial score (nSPS) is 24.9. The summed E-state index contributed by atoms with van der Waals surface area (Å²) in [6.07, 6.45) is -4.93. The molecule has 0 aromatic heterocycles. The van der Waals surface area contributed by atoms with E-state index in [0.29, 0.717) is 0 Å². The molecule has 0 amide bonds. The maximum Gasteiger partial charge on any atom is 0.151 e. The molecule has 0 saturated carbocycles. The van der Waals surface area contributed by atoms with E-state index >= 15 is 0 Å². The topological polar surface area (TPSA) is 98.0 Å². The minimum Gasteiger partial charge on any atom is -0.391 e. The zero-order valence-corrected chi connectivity index (χ0v) is 6.71. The van der Waals surface area contributed by atoms with Crippen LogP contribution in [0.15, 0.2) is 0 Å². The molecule has 72 valence electrons. The molecule has 0 aliphatic heterocycles. The zero-order valence-electron chi connectivity index (χ0n) is 7.71. The minimum absolute atomic E-state index is 0.0140. The second-order valence-electron chi connectivity index (χ2n) is 2.76. The van der Waals surface area contributed by atoms with Gasteiger partial charge < -0.3 is 25.2 Å². The first-order valence-electron chi connectivity index (χ1n) is 4.12. The van der Waals surface area contributed by atoms with Gasteiger partial charge in [0.1, 0.15) is 17.8 Å². The van der Waals surface area contributed by atoms with Gasteiger partial charge in [0, 0.05) is 1.37 Å². The SMILES string of the molecule is [2H]C[C@@](O)([C@H](O)C=O)[C@H](O)[C@@H](C)O. The molecule has 0 fully saturated rings. The molecule has 0 aromatic rings. The monoisotopic (exact) mass is 179 g/mol. The van der Waals surface area contributed by atoms with Crippen molar-refractivity contribution in [3.8, 4) is 0 Å². The number of aliphatic hydroxyl groups is 4. The van der Waals surface area contributed by atoms with Gasteiger partial charge in [-0.25, -0.2) is 0 Å². The van der Waals surface area contributed by atoms with Crippen LogP contribution in [0.4, 0.5) is 0 Å². The summed E-state index contributed by atoms with van der Waals surface area (Å²) in [6.45, 7) is 0.405. The lowest BCUT2D eigenvalue weighted by atomic mass is 9.90. The maximum absolute atomic E-state index is 10.2. The van der Waals surface area contributed by atoms with Gasteiger partial charge >= 0.3 is 0 Å². The van der Waals surface area contributed by atoms with Crippen molar-refractivity contribution in [3.63, 3.8) is 0 Å². The summed E-state index contributed by atoms with van der Waals surface area (Å²) < 4.78 is 6.87. The molecule has 0 aromatic carbocycles. The fraction of sp³-hybridized carbons (Fsp3) is 0.857. The summed E-state index contributed by atoms with van der Waals surface area (Å²) in [5.74, 6) is 0. The molecule has 0 saturated heterocycles. The molecule has 0 bridgehead atoms. The van der Waals surface area contributed by atoms with Crippen molar-refractivity contribution in [3.05, 3.63) is 0 Å². The molecule has 0 aliphatic rings. The molecule has 5 heteroatoms. The Labute approximate surface area is 71.7 Å². The van der Waals surface area contributed by atoms with Crippen molar-refractivity contribution in [2.75, 3.05) is 0 Å². The summed E-state index contributed by atoms with van der Waals surface area (Å²) in [7, 11) is 0. The molecule has 4 atom stereocenters. The van der Waals surface area contributed by atoms with Crippen LogP contribution in [-0.2, 0) is 4.79 Å². The number of carbonyl (C=O) groups is 1. The molecular formula is C7H14O5. The standard InChI is InChI=1S/C7H14O5/c1-4(9)6(11)7(2,12)5(10)3-8/h3-6,9-12H,1-2H3/t4-,5-,6-,7-/m1/s1/i2D. The third-order valence-corrected chi connectivity index (χ3v) is 1.61.